The van der Waals surface area contributed by atoms with E-state index in [2.05, 4.69) is 0 Å². The number of benzene rings is 1. The van der Waals surface area contributed by atoms with Gasteiger partial charge < -0.3 is 9.52 Å². The van der Waals surface area contributed by atoms with Gasteiger partial charge in [0.1, 0.15) is 5.56 Å². The Balaban J connectivity index is 2.23. The molecule has 0 radical (unpaired) electrons. The quantitative estimate of drug-likeness (QED) is 0.906. The summed E-state index contributed by atoms with van der Waals surface area (Å²) in [6.45, 7) is 0. The third-order valence-electron chi connectivity index (χ3n) is 1.88. The lowest BCUT2D eigenvalue weighted by molar-refractivity contribution is 0.0690. The van der Waals surface area contributed by atoms with E-state index in [4.69, 9.17) is 21.1 Å². The van der Waals surface area contributed by atoms with Crippen molar-refractivity contribution in [1.29, 1.82) is 0 Å². The molecule has 0 saturated heterocycles. The third kappa shape index (κ3) is 2.40. The van der Waals surface area contributed by atoms with Crippen LogP contribution in [0.3, 0.4) is 0 Å². The average Bonchev–Trinajstić information content (AvgIpc) is 2.69. The molecule has 0 aliphatic rings. The van der Waals surface area contributed by atoms with Crippen LogP contribution in [0.15, 0.2) is 51.0 Å². The second-order valence-electron chi connectivity index (χ2n) is 2.98. The fourth-order valence-corrected chi connectivity index (χ4v) is 2.12. The van der Waals surface area contributed by atoms with E-state index in [1.54, 1.807) is 24.3 Å². The number of hydrogen-bond donors (Lipinski definition) is 1. The van der Waals surface area contributed by atoms with E-state index in [1.807, 2.05) is 0 Å². The molecule has 0 saturated carbocycles. The molecule has 16 heavy (non-hydrogen) atoms. The van der Waals surface area contributed by atoms with Crippen molar-refractivity contribution in [3.8, 4) is 0 Å². The maximum atomic E-state index is 10.8. The first-order valence-corrected chi connectivity index (χ1v) is 5.60. The molecule has 0 bridgehead atoms. The van der Waals surface area contributed by atoms with Gasteiger partial charge in [0, 0.05) is 9.92 Å². The van der Waals surface area contributed by atoms with E-state index in [9.17, 15) is 4.79 Å². The maximum absolute atomic E-state index is 10.8. The fraction of sp³-hybridized carbons (Fsp3) is 0. The molecule has 1 aromatic carbocycles. The molecule has 2 rings (SSSR count). The van der Waals surface area contributed by atoms with Crippen molar-refractivity contribution in [2.75, 3.05) is 0 Å². The molecule has 2 aromatic rings. The summed E-state index contributed by atoms with van der Waals surface area (Å²) >= 11 is 7.00. The van der Waals surface area contributed by atoms with Crippen LogP contribution < -0.4 is 0 Å². The molecule has 1 N–H and O–H groups in total. The fourth-order valence-electron chi connectivity index (χ4n) is 1.14. The summed E-state index contributed by atoms with van der Waals surface area (Å²) in [7, 11) is 0. The first-order chi connectivity index (χ1) is 7.66. The summed E-state index contributed by atoms with van der Waals surface area (Å²) in [6, 6.07) is 8.53. The highest BCUT2D eigenvalue weighted by atomic mass is 35.5. The topological polar surface area (TPSA) is 50.4 Å². The van der Waals surface area contributed by atoms with Gasteiger partial charge in [-0.05, 0) is 30.3 Å². The molecule has 3 nitrogen and oxygen atoms in total. The Morgan fingerprint density at radius 1 is 1.25 bits per heavy atom. The Bertz CT molecular complexity index is 504. The predicted octanol–water partition coefficient (Wildman–Crippen LogP) is 3.78. The largest absolute Gasteiger partial charge is 0.478 e. The van der Waals surface area contributed by atoms with E-state index in [0.717, 1.165) is 4.90 Å². The normalized spacial score (nSPS) is 10.3. The van der Waals surface area contributed by atoms with E-state index < -0.39 is 5.97 Å². The Morgan fingerprint density at radius 3 is 2.56 bits per heavy atom. The highest BCUT2D eigenvalue weighted by Crippen LogP contribution is 2.31. The molecule has 0 fully saturated rings. The van der Waals surface area contributed by atoms with Gasteiger partial charge in [0.15, 0.2) is 5.09 Å². The van der Waals surface area contributed by atoms with Gasteiger partial charge in [0.05, 0.1) is 6.26 Å². The Labute approximate surface area is 101 Å². The first kappa shape index (κ1) is 11.1. The SMILES string of the molecule is O=C(O)c1ccoc1Sc1ccc(Cl)cc1. The molecular formula is C11H7ClO3S. The minimum absolute atomic E-state index is 0.167. The third-order valence-corrected chi connectivity index (χ3v) is 3.15. The van der Waals surface area contributed by atoms with Crippen LogP contribution in [0.1, 0.15) is 10.4 Å². The van der Waals surface area contributed by atoms with Crippen LogP contribution in [-0.4, -0.2) is 11.1 Å². The standard InChI is InChI=1S/C11H7ClO3S/c12-7-1-3-8(4-2-7)16-11-9(10(13)14)5-6-15-11/h1-6H,(H,13,14). The lowest BCUT2D eigenvalue weighted by Crippen LogP contribution is -1.94. The smallest absolute Gasteiger partial charge is 0.340 e. The number of rotatable bonds is 3. The lowest BCUT2D eigenvalue weighted by Gasteiger charge is -1.99. The molecule has 5 heteroatoms. The Morgan fingerprint density at radius 2 is 1.94 bits per heavy atom. The van der Waals surface area contributed by atoms with Crippen LogP contribution in [0, 0.1) is 0 Å². The minimum atomic E-state index is -0.995. The number of carboxylic acid groups (broad SMARTS) is 1. The van der Waals surface area contributed by atoms with Crippen LogP contribution in [-0.2, 0) is 0 Å². The molecule has 0 spiro atoms. The molecule has 82 valence electrons. The van der Waals surface area contributed by atoms with Crippen molar-refractivity contribution in [2.24, 2.45) is 0 Å². The van der Waals surface area contributed by atoms with Crippen molar-refractivity contribution in [3.63, 3.8) is 0 Å². The molecular weight excluding hydrogens is 248 g/mol. The lowest BCUT2D eigenvalue weighted by atomic mass is 10.3. The van der Waals surface area contributed by atoms with Crippen molar-refractivity contribution in [3.05, 3.63) is 47.2 Å². The zero-order valence-electron chi connectivity index (χ0n) is 8.01. The van der Waals surface area contributed by atoms with Gasteiger partial charge in [-0.2, -0.15) is 0 Å². The maximum Gasteiger partial charge on any atom is 0.340 e. The van der Waals surface area contributed by atoms with Gasteiger partial charge in [0.2, 0.25) is 0 Å². The van der Waals surface area contributed by atoms with Crippen LogP contribution in [0.25, 0.3) is 0 Å². The molecule has 1 heterocycles. The van der Waals surface area contributed by atoms with Gasteiger partial charge in [-0.1, -0.05) is 23.4 Å². The zero-order chi connectivity index (χ0) is 11.5. The van der Waals surface area contributed by atoms with E-state index >= 15 is 0 Å². The minimum Gasteiger partial charge on any atom is -0.478 e. The van der Waals surface area contributed by atoms with Crippen molar-refractivity contribution in [1.82, 2.24) is 0 Å². The van der Waals surface area contributed by atoms with Gasteiger partial charge >= 0.3 is 5.97 Å². The number of hydrogen-bond acceptors (Lipinski definition) is 3. The molecule has 0 amide bonds. The van der Waals surface area contributed by atoms with Gasteiger partial charge in [-0.15, -0.1) is 0 Å². The molecule has 0 unspecified atom stereocenters. The van der Waals surface area contributed by atoms with Crippen LogP contribution >= 0.6 is 23.4 Å². The highest BCUT2D eigenvalue weighted by molar-refractivity contribution is 7.99. The van der Waals surface area contributed by atoms with Gasteiger partial charge in [0.25, 0.3) is 0 Å². The van der Waals surface area contributed by atoms with E-state index in [1.165, 1.54) is 24.1 Å². The van der Waals surface area contributed by atoms with Crippen LogP contribution in [0.4, 0.5) is 0 Å². The zero-order valence-corrected chi connectivity index (χ0v) is 9.59. The number of carbonyl (C=O) groups is 1. The highest BCUT2D eigenvalue weighted by Gasteiger charge is 2.14. The first-order valence-electron chi connectivity index (χ1n) is 4.41. The number of aromatic carboxylic acids is 1. The van der Waals surface area contributed by atoms with Crippen molar-refractivity contribution in [2.45, 2.75) is 9.99 Å². The van der Waals surface area contributed by atoms with E-state index in [-0.39, 0.29) is 5.56 Å². The van der Waals surface area contributed by atoms with Crippen LogP contribution in [0.2, 0.25) is 5.02 Å². The predicted molar refractivity (Wildman–Crippen MR) is 61.2 cm³/mol. The van der Waals surface area contributed by atoms with Gasteiger partial charge in [-0.25, -0.2) is 4.79 Å². The molecule has 0 atom stereocenters. The number of halogens is 1. The van der Waals surface area contributed by atoms with Gasteiger partial charge in [-0.3, -0.25) is 0 Å². The molecule has 1 aromatic heterocycles. The summed E-state index contributed by atoms with van der Waals surface area (Å²) < 4.78 is 5.11. The molecule has 0 aliphatic carbocycles. The molecule has 0 aliphatic heterocycles. The Hall–Kier alpha value is -1.39. The van der Waals surface area contributed by atoms with Crippen molar-refractivity contribution >= 4 is 29.3 Å². The second-order valence-corrected chi connectivity index (χ2v) is 4.47. The number of carboxylic acids is 1. The summed E-state index contributed by atoms with van der Waals surface area (Å²) in [4.78, 5) is 11.7. The summed E-state index contributed by atoms with van der Waals surface area (Å²) in [5, 5.41) is 9.89. The Kier molecular flexibility index (Phi) is 3.22. The monoisotopic (exact) mass is 254 g/mol. The number of furan rings is 1. The second kappa shape index (κ2) is 4.63. The summed E-state index contributed by atoms with van der Waals surface area (Å²) in [5.41, 5.74) is 0.167. The van der Waals surface area contributed by atoms with E-state index in [0.29, 0.717) is 10.1 Å². The summed E-state index contributed by atoms with van der Waals surface area (Å²) in [6.07, 6.45) is 1.36. The van der Waals surface area contributed by atoms with Crippen LogP contribution in [0.5, 0.6) is 0 Å². The average molecular weight is 255 g/mol. The summed E-state index contributed by atoms with van der Waals surface area (Å²) in [5.74, 6) is -0.995. The van der Waals surface area contributed by atoms with Crippen molar-refractivity contribution < 1.29 is 14.3 Å².